The van der Waals surface area contributed by atoms with E-state index in [1.54, 1.807) is 6.08 Å². The normalized spacial score (nSPS) is 9.18. The third kappa shape index (κ3) is 2.03. The van der Waals surface area contributed by atoms with E-state index in [4.69, 9.17) is 0 Å². The standard InChI is InChI=1S/C10H11P/c1-3-8(2)9-4-6-10(11)7-5-9/h3-7H,1-2,11H2. The lowest BCUT2D eigenvalue weighted by Gasteiger charge is -1.99. The van der Waals surface area contributed by atoms with Crippen molar-refractivity contribution in [2.45, 2.75) is 0 Å². The molecular weight excluding hydrogens is 151 g/mol. The summed E-state index contributed by atoms with van der Waals surface area (Å²) in [6, 6.07) is 8.14. The average Bonchev–Trinajstić information content (AvgIpc) is 2.05. The summed E-state index contributed by atoms with van der Waals surface area (Å²) in [6.45, 7) is 7.50. The third-order valence-electron chi connectivity index (χ3n) is 1.53. The summed E-state index contributed by atoms with van der Waals surface area (Å²) >= 11 is 0. The maximum Gasteiger partial charge on any atom is -0.0190 e. The van der Waals surface area contributed by atoms with Gasteiger partial charge in [-0.05, 0) is 16.4 Å². The van der Waals surface area contributed by atoms with Gasteiger partial charge in [-0.15, -0.1) is 9.24 Å². The maximum atomic E-state index is 3.85. The molecule has 0 radical (unpaired) electrons. The Morgan fingerprint density at radius 2 is 1.82 bits per heavy atom. The molecule has 0 nitrogen and oxygen atoms in total. The Morgan fingerprint density at radius 3 is 2.27 bits per heavy atom. The summed E-state index contributed by atoms with van der Waals surface area (Å²) in [5, 5.41) is 1.19. The number of benzene rings is 1. The molecule has 0 bridgehead atoms. The molecule has 0 saturated heterocycles. The molecule has 0 aliphatic rings. The van der Waals surface area contributed by atoms with Crippen LogP contribution < -0.4 is 5.30 Å². The number of rotatable bonds is 2. The van der Waals surface area contributed by atoms with E-state index in [-0.39, 0.29) is 0 Å². The Hall–Kier alpha value is -0.870. The molecule has 0 saturated carbocycles. The number of allylic oxidation sites excluding steroid dienone is 2. The van der Waals surface area contributed by atoms with E-state index < -0.39 is 0 Å². The summed E-state index contributed by atoms with van der Waals surface area (Å²) < 4.78 is 0. The van der Waals surface area contributed by atoms with Crippen LogP contribution in [0, 0.1) is 0 Å². The van der Waals surface area contributed by atoms with Crippen molar-refractivity contribution in [1.82, 2.24) is 0 Å². The van der Waals surface area contributed by atoms with Crippen LogP contribution in [0.15, 0.2) is 43.5 Å². The van der Waals surface area contributed by atoms with E-state index in [9.17, 15) is 0 Å². The molecule has 1 atom stereocenters. The molecule has 0 aliphatic heterocycles. The highest BCUT2D eigenvalue weighted by molar-refractivity contribution is 7.27. The van der Waals surface area contributed by atoms with E-state index in [1.165, 1.54) is 5.30 Å². The molecule has 0 amide bonds. The Labute approximate surface area is 69.8 Å². The van der Waals surface area contributed by atoms with Crippen LogP contribution in [0.5, 0.6) is 0 Å². The Bertz CT molecular complexity index is 269. The van der Waals surface area contributed by atoms with Crippen LogP contribution in [-0.4, -0.2) is 0 Å². The summed E-state index contributed by atoms with van der Waals surface area (Å²) in [5.41, 5.74) is 2.10. The highest BCUT2D eigenvalue weighted by atomic mass is 31.0. The second-order valence-corrected chi connectivity index (χ2v) is 3.02. The molecule has 0 spiro atoms. The second-order valence-electron chi connectivity index (χ2n) is 2.35. The zero-order chi connectivity index (χ0) is 8.27. The minimum Gasteiger partial charge on any atom is -0.106 e. The van der Waals surface area contributed by atoms with Crippen molar-refractivity contribution in [1.29, 1.82) is 0 Å². The molecule has 1 heteroatoms. The first-order chi connectivity index (χ1) is 5.24. The third-order valence-corrected chi connectivity index (χ3v) is 1.91. The maximum absolute atomic E-state index is 3.85. The predicted molar refractivity (Wildman–Crippen MR) is 55.0 cm³/mol. The molecule has 0 aromatic heterocycles. The first-order valence-electron chi connectivity index (χ1n) is 3.41. The van der Waals surface area contributed by atoms with Gasteiger partial charge in [0.1, 0.15) is 0 Å². The largest absolute Gasteiger partial charge is 0.106 e. The van der Waals surface area contributed by atoms with Crippen LogP contribution in [0.4, 0.5) is 0 Å². The average molecular weight is 162 g/mol. The summed E-state index contributed by atoms with van der Waals surface area (Å²) in [5.74, 6) is 0. The molecule has 0 N–H and O–H groups in total. The SMILES string of the molecule is C=CC(=C)c1ccc(P)cc1. The lowest BCUT2D eigenvalue weighted by atomic mass is 10.1. The van der Waals surface area contributed by atoms with E-state index in [2.05, 4.69) is 22.4 Å². The molecule has 56 valence electrons. The monoisotopic (exact) mass is 162 g/mol. The van der Waals surface area contributed by atoms with Crippen molar-refractivity contribution in [2.75, 3.05) is 0 Å². The topological polar surface area (TPSA) is 0 Å². The van der Waals surface area contributed by atoms with Crippen LogP contribution in [0.25, 0.3) is 5.57 Å². The second kappa shape index (κ2) is 3.50. The van der Waals surface area contributed by atoms with Gasteiger partial charge in [0.2, 0.25) is 0 Å². The van der Waals surface area contributed by atoms with Gasteiger partial charge in [0.25, 0.3) is 0 Å². The highest BCUT2D eigenvalue weighted by Gasteiger charge is 1.91. The molecular formula is C10H11P. The van der Waals surface area contributed by atoms with E-state index in [0.717, 1.165) is 11.1 Å². The first-order valence-corrected chi connectivity index (χ1v) is 3.99. The molecule has 1 rings (SSSR count). The number of hydrogen-bond donors (Lipinski definition) is 0. The molecule has 0 aliphatic carbocycles. The fourth-order valence-corrected chi connectivity index (χ4v) is 1.01. The lowest BCUT2D eigenvalue weighted by Crippen LogP contribution is -1.88. The van der Waals surface area contributed by atoms with Gasteiger partial charge >= 0.3 is 0 Å². The van der Waals surface area contributed by atoms with Gasteiger partial charge < -0.3 is 0 Å². The zero-order valence-corrected chi connectivity index (χ0v) is 7.53. The Balaban J connectivity index is 2.98. The predicted octanol–water partition coefficient (Wildman–Crippen LogP) is 2.39. The minimum absolute atomic E-state index is 0.968. The van der Waals surface area contributed by atoms with Crippen molar-refractivity contribution in [3.8, 4) is 0 Å². The summed E-state index contributed by atoms with van der Waals surface area (Å²) in [4.78, 5) is 0. The van der Waals surface area contributed by atoms with Crippen LogP contribution in [0.2, 0.25) is 0 Å². The fraction of sp³-hybridized carbons (Fsp3) is 0. The molecule has 1 unspecified atom stereocenters. The fourth-order valence-electron chi connectivity index (χ4n) is 0.815. The Morgan fingerprint density at radius 1 is 1.27 bits per heavy atom. The molecule has 1 aromatic rings. The van der Waals surface area contributed by atoms with Gasteiger partial charge in [-0.1, -0.05) is 43.5 Å². The van der Waals surface area contributed by atoms with Crippen molar-refractivity contribution in [2.24, 2.45) is 0 Å². The van der Waals surface area contributed by atoms with E-state index in [0.29, 0.717) is 0 Å². The number of hydrogen-bond acceptors (Lipinski definition) is 0. The minimum atomic E-state index is 0.968. The summed E-state index contributed by atoms with van der Waals surface area (Å²) in [6.07, 6.45) is 1.76. The molecule has 11 heavy (non-hydrogen) atoms. The van der Waals surface area contributed by atoms with Gasteiger partial charge in [0, 0.05) is 0 Å². The molecule has 0 fully saturated rings. The van der Waals surface area contributed by atoms with Gasteiger partial charge in [-0.25, -0.2) is 0 Å². The molecule has 0 heterocycles. The van der Waals surface area contributed by atoms with Gasteiger partial charge in [-0.3, -0.25) is 0 Å². The first kappa shape index (κ1) is 8.23. The van der Waals surface area contributed by atoms with Crippen LogP contribution in [0.3, 0.4) is 0 Å². The van der Waals surface area contributed by atoms with Gasteiger partial charge in [0.05, 0.1) is 0 Å². The quantitative estimate of drug-likeness (QED) is 0.462. The van der Waals surface area contributed by atoms with Crippen LogP contribution in [0.1, 0.15) is 5.56 Å². The lowest BCUT2D eigenvalue weighted by molar-refractivity contribution is 1.67. The van der Waals surface area contributed by atoms with Crippen molar-refractivity contribution >= 4 is 20.1 Å². The van der Waals surface area contributed by atoms with Crippen LogP contribution >= 0.6 is 9.24 Å². The smallest absolute Gasteiger partial charge is 0.0190 e. The zero-order valence-electron chi connectivity index (χ0n) is 6.38. The van der Waals surface area contributed by atoms with Crippen molar-refractivity contribution in [3.63, 3.8) is 0 Å². The highest BCUT2D eigenvalue weighted by Crippen LogP contribution is 2.11. The summed E-state index contributed by atoms with van der Waals surface area (Å²) in [7, 11) is 2.64. The Kier molecular flexibility index (Phi) is 2.62. The van der Waals surface area contributed by atoms with Gasteiger partial charge in [0.15, 0.2) is 0 Å². The van der Waals surface area contributed by atoms with E-state index in [1.807, 2.05) is 24.3 Å². The van der Waals surface area contributed by atoms with Crippen molar-refractivity contribution in [3.05, 3.63) is 49.1 Å². The molecule has 1 aromatic carbocycles. The van der Waals surface area contributed by atoms with E-state index >= 15 is 0 Å². The van der Waals surface area contributed by atoms with Gasteiger partial charge in [-0.2, -0.15) is 0 Å². The van der Waals surface area contributed by atoms with Crippen molar-refractivity contribution < 1.29 is 0 Å². The van der Waals surface area contributed by atoms with Crippen LogP contribution in [-0.2, 0) is 0 Å².